The summed E-state index contributed by atoms with van der Waals surface area (Å²) in [6, 6.07) is 19.5. The fourth-order valence-corrected chi connectivity index (χ4v) is 8.14. The fraction of sp³-hybridized carbons (Fsp3) is 0.594. The summed E-state index contributed by atoms with van der Waals surface area (Å²) in [4.78, 5) is 17.3. The van der Waals surface area contributed by atoms with Crippen molar-refractivity contribution in [3.63, 3.8) is 0 Å². The van der Waals surface area contributed by atoms with E-state index in [2.05, 4.69) is 82.0 Å². The first kappa shape index (κ1) is 25.7. The largest absolute Gasteiger partial charge is 0.481 e. The van der Waals surface area contributed by atoms with Crippen molar-refractivity contribution >= 4 is 17.3 Å². The lowest BCUT2D eigenvalue weighted by Crippen LogP contribution is -2.52. The molecule has 2 unspecified atom stereocenters. The second-order valence-corrected chi connectivity index (χ2v) is 12.6. The third kappa shape index (κ3) is 5.05. The summed E-state index contributed by atoms with van der Waals surface area (Å²) in [5.41, 5.74) is 3.60. The molecule has 3 N–H and O–H groups in total. The smallest absolute Gasteiger partial charge is 0.305 e. The number of rotatable bonds is 7. The molecule has 2 atom stereocenters. The molecule has 0 spiro atoms. The predicted molar refractivity (Wildman–Crippen MR) is 154 cm³/mol. The molecule has 204 valence electrons. The maximum atomic E-state index is 12.0. The molecule has 0 radical (unpaired) electrons. The van der Waals surface area contributed by atoms with E-state index in [9.17, 15) is 9.90 Å². The minimum atomic E-state index is -0.640. The SMILES string of the molecule is CC1(C2CCN(CC3CN(C4(CC(=O)O)CCCCC4)CC3c3ccccc3)CC2)Nc2ccccc2N1. The van der Waals surface area contributed by atoms with E-state index in [4.69, 9.17) is 0 Å². The number of hydrogen-bond acceptors (Lipinski definition) is 5. The molecule has 1 aliphatic carbocycles. The van der Waals surface area contributed by atoms with Gasteiger partial charge < -0.3 is 20.6 Å². The maximum Gasteiger partial charge on any atom is 0.305 e. The first-order valence-electron chi connectivity index (χ1n) is 14.8. The number of aliphatic carboxylic acids is 1. The Hall–Kier alpha value is -2.57. The highest BCUT2D eigenvalue weighted by atomic mass is 16.4. The summed E-state index contributed by atoms with van der Waals surface area (Å²) in [6.45, 7) is 7.67. The summed E-state index contributed by atoms with van der Waals surface area (Å²) in [6.07, 6.45) is 8.25. The average molecular weight is 517 g/mol. The molecule has 0 aromatic heterocycles. The monoisotopic (exact) mass is 516 g/mol. The number of piperidine rings is 1. The van der Waals surface area contributed by atoms with Gasteiger partial charge in [-0.1, -0.05) is 61.7 Å². The molecule has 6 rings (SSSR count). The zero-order valence-corrected chi connectivity index (χ0v) is 22.9. The van der Waals surface area contributed by atoms with E-state index < -0.39 is 5.97 Å². The summed E-state index contributed by atoms with van der Waals surface area (Å²) in [5, 5.41) is 17.4. The standard InChI is InChI=1S/C32H44N4O2/c1-31(33-28-12-6-7-13-29(28)34-31)26-14-18-35(19-15-26)21-25-22-36(23-27(25)24-10-4-2-5-11-24)32(20-30(37)38)16-8-3-9-17-32/h2,4-7,10-13,25-27,33-34H,3,8-9,14-23H2,1H3,(H,37,38). The molecule has 3 fully saturated rings. The molecule has 6 nitrogen and oxygen atoms in total. The lowest BCUT2D eigenvalue weighted by atomic mass is 9.78. The molecule has 1 saturated carbocycles. The third-order valence-corrected chi connectivity index (χ3v) is 10.2. The number of carboxylic acid groups (broad SMARTS) is 1. The molecule has 2 saturated heterocycles. The Balaban J connectivity index is 1.14. The summed E-state index contributed by atoms with van der Waals surface area (Å²) in [7, 11) is 0. The fourth-order valence-electron chi connectivity index (χ4n) is 8.14. The molecular weight excluding hydrogens is 472 g/mol. The molecule has 2 aromatic rings. The number of anilines is 2. The number of carboxylic acids is 1. The van der Waals surface area contributed by atoms with E-state index in [0.29, 0.717) is 17.8 Å². The second-order valence-electron chi connectivity index (χ2n) is 12.6. The zero-order chi connectivity index (χ0) is 26.2. The Morgan fingerprint density at radius 3 is 2.18 bits per heavy atom. The van der Waals surface area contributed by atoms with Crippen molar-refractivity contribution in [1.29, 1.82) is 0 Å². The van der Waals surface area contributed by atoms with Gasteiger partial charge in [0.2, 0.25) is 0 Å². The number of likely N-dealkylation sites (tertiary alicyclic amines) is 2. The molecule has 3 heterocycles. The van der Waals surface area contributed by atoms with Crippen LogP contribution < -0.4 is 10.6 Å². The first-order valence-corrected chi connectivity index (χ1v) is 14.8. The Bertz CT molecular complexity index is 1080. The van der Waals surface area contributed by atoms with Gasteiger partial charge in [0, 0.05) is 37.0 Å². The number of nitrogens with one attached hydrogen (secondary N) is 2. The van der Waals surface area contributed by atoms with Crippen LogP contribution in [-0.4, -0.2) is 64.8 Å². The van der Waals surface area contributed by atoms with E-state index in [-0.39, 0.29) is 17.6 Å². The lowest BCUT2D eigenvalue weighted by Gasteiger charge is -2.44. The van der Waals surface area contributed by atoms with Crippen molar-refractivity contribution < 1.29 is 9.90 Å². The number of hydrogen-bond donors (Lipinski definition) is 3. The summed E-state index contributed by atoms with van der Waals surface area (Å²) in [5.74, 6) is 0.937. The number of para-hydroxylation sites is 2. The number of nitrogens with zero attached hydrogens (tertiary/aromatic N) is 2. The molecule has 4 aliphatic rings. The molecule has 38 heavy (non-hydrogen) atoms. The Morgan fingerprint density at radius 1 is 0.921 bits per heavy atom. The van der Waals surface area contributed by atoms with Gasteiger partial charge in [-0.05, 0) is 69.3 Å². The van der Waals surface area contributed by atoms with Crippen LogP contribution in [0.15, 0.2) is 54.6 Å². The van der Waals surface area contributed by atoms with Crippen LogP contribution in [0.1, 0.15) is 69.8 Å². The minimum absolute atomic E-state index is 0.0866. The summed E-state index contributed by atoms with van der Waals surface area (Å²) >= 11 is 0. The third-order valence-electron chi connectivity index (χ3n) is 10.2. The van der Waals surface area contributed by atoms with Crippen LogP contribution in [0.3, 0.4) is 0 Å². The normalized spacial score (nSPS) is 27.4. The van der Waals surface area contributed by atoms with Crippen LogP contribution in [-0.2, 0) is 4.79 Å². The Morgan fingerprint density at radius 2 is 1.55 bits per heavy atom. The van der Waals surface area contributed by atoms with Crippen LogP contribution >= 0.6 is 0 Å². The Kier molecular flexibility index (Phi) is 7.12. The van der Waals surface area contributed by atoms with Crippen molar-refractivity contribution in [1.82, 2.24) is 9.80 Å². The van der Waals surface area contributed by atoms with Crippen LogP contribution in [0.2, 0.25) is 0 Å². The second kappa shape index (κ2) is 10.5. The average Bonchev–Trinajstić information content (AvgIpc) is 3.51. The molecule has 0 amide bonds. The van der Waals surface area contributed by atoms with Crippen LogP contribution in [0.5, 0.6) is 0 Å². The molecule has 2 aromatic carbocycles. The lowest BCUT2D eigenvalue weighted by molar-refractivity contribution is -0.141. The highest BCUT2D eigenvalue weighted by Crippen LogP contribution is 2.45. The quantitative estimate of drug-likeness (QED) is 0.429. The molecule has 6 heteroatoms. The van der Waals surface area contributed by atoms with E-state index in [1.54, 1.807) is 0 Å². The van der Waals surface area contributed by atoms with Crippen molar-refractivity contribution in [2.45, 2.75) is 75.4 Å². The molecule has 0 bridgehead atoms. The van der Waals surface area contributed by atoms with Crippen molar-refractivity contribution in [2.75, 3.05) is 43.4 Å². The highest BCUT2D eigenvalue weighted by molar-refractivity contribution is 5.76. The van der Waals surface area contributed by atoms with E-state index in [0.717, 1.165) is 58.4 Å². The van der Waals surface area contributed by atoms with Gasteiger partial charge in [0.05, 0.1) is 17.8 Å². The highest BCUT2D eigenvalue weighted by Gasteiger charge is 2.47. The van der Waals surface area contributed by atoms with Crippen LogP contribution in [0.25, 0.3) is 0 Å². The maximum absolute atomic E-state index is 12.0. The van der Waals surface area contributed by atoms with Gasteiger partial charge in [-0.3, -0.25) is 9.69 Å². The number of benzene rings is 2. The van der Waals surface area contributed by atoms with Crippen molar-refractivity contribution in [2.24, 2.45) is 11.8 Å². The zero-order valence-electron chi connectivity index (χ0n) is 22.9. The predicted octanol–water partition coefficient (Wildman–Crippen LogP) is 5.85. The van der Waals surface area contributed by atoms with E-state index in [1.165, 1.54) is 36.2 Å². The van der Waals surface area contributed by atoms with Gasteiger partial charge >= 0.3 is 5.97 Å². The van der Waals surface area contributed by atoms with E-state index in [1.807, 2.05) is 0 Å². The topological polar surface area (TPSA) is 67.8 Å². The Labute approximate surface area is 227 Å². The summed E-state index contributed by atoms with van der Waals surface area (Å²) < 4.78 is 0. The van der Waals surface area contributed by atoms with Gasteiger partial charge in [-0.15, -0.1) is 0 Å². The van der Waals surface area contributed by atoms with Crippen molar-refractivity contribution in [3.05, 3.63) is 60.2 Å². The first-order chi connectivity index (χ1) is 18.4. The van der Waals surface area contributed by atoms with Crippen LogP contribution in [0, 0.1) is 11.8 Å². The van der Waals surface area contributed by atoms with E-state index >= 15 is 0 Å². The minimum Gasteiger partial charge on any atom is -0.481 e. The van der Waals surface area contributed by atoms with Gasteiger partial charge in [-0.25, -0.2) is 0 Å². The van der Waals surface area contributed by atoms with Crippen molar-refractivity contribution in [3.8, 4) is 0 Å². The van der Waals surface area contributed by atoms with Crippen LogP contribution in [0.4, 0.5) is 11.4 Å². The number of carbonyl (C=O) groups is 1. The number of fused-ring (bicyclic) bond motifs is 1. The van der Waals surface area contributed by atoms with Gasteiger partial charge in [-0.2, -0.15) is 0 Å². The van der Waals surface area contributed by atoms with Gasteiger partial charge in [0.15, 0.2) is 0 Å². The van der Waals surface area contributed by atoms with Gasteiger partial charge in [0.1, 0.15) is 5.66 Å². The van der Waals surface area contributed by atoms with Gasteiger partial charge in [0.25, 0.3) is 0 Å². The molecular formula is C32H44N4O2. The molecule has 3 aliphatic heterocycles.